The molecule has 1 amide bonds. The van der Waals surface area contributed by atoms with Crippen LogP contribution in [0.3, 0.4) is 0 Å². The van der Waals surface area contributed by atoms with Gasteiger partial charge in [0.2, 0.25) is 10.0 Å². The van der Waals surface area contributed by atoms with Crippen LogP contribution in [0.15, 0.2) is 24.3 Å². The molecule has 0 aromatic heterocycles. The van der Waals surface area contributed by atoms with Gasteiger partial charge in [0.05, 0.1) is 5.75 Å². The molecule has 1 heterocycles. The number of nitrogens with one attached hydrogen (secondary N) is 1. The molecule has 1 aliphatic rings. The van der Waals surface area contributed by atoms with Gasteiger partial charge in [-0.1, -0.05) is 25.5 Å². The molecular formula is C17H26N2O3S. The highest BCUT2D eigenvalue weighted by molar-refractivity contribution is 7.88. The van der Waals surface area contributed by atoms with Gasteiger partial charge in [-0.05, 0) is 43.9 Å². The molecule has 0 aliphatic carbocycles. The highest BCUT2D eigenvalue weighted by atomic mass is 32.2. The summed E-state index contributed by atoms with van der Waals surface area (Å²) < 4.78 is 26.4. The van der Waals surface area contributed by atoms with Crippen LogP contribution in [0.1, 0.15) is 55.5 Å². The van der Waals surface area contributed by atoms with Gasteiger partial charge < -0.3 is 5.32 Å². The van der Waals surface area contributed by atoms with Crippen LogP contribution >= 0.6 is 0 Å². The number of rotatable bonds is 6. The SMILES string of the molecule is CC[C@@H](C)NC(=O)c1ccc(CS(=O)(=O)N2CCCCC2)cc1. The maximum Gasteiger partial charge on any atom is 0.251 e. The minimum Gasteiger partial charge on any atom is -0.350 e. The molecule has 0 unspecified atom stereocenters. The first kappa shape index (κ1) is 17.9. The van der Waals surface area contributed by atoms with E-state index in [1.54, 1.807) is 28.6 Å². The minimum atomic E-state index is -3.26. The standard InChI is InChI=1S/C17H26N2O3S/c1-3-14(2)18-17(20)16-9-7-15(8-10-16)13-23(21,22)19-11-5-4-6-12-19/h7-10,14H,3-6,11-13H2,1-2H3,(H,18,20)/t14-/m1/s1. The molecule has 0 spiro atoms. The van der Waals surface area contributed by atoms with Crippen LogP contribution in [0, 0.1) is 0 Å². The Morgan fingerprint density at radius 2 is 1.78 bits per heavy atom. The molecule has 0 radical (unpaired) electrons. The average molecular weight is 338 g/mol. The Morgan fingerprint density at radius 1 is 1.17 bits per heavy atom. The van der Waals surface area contributed by atoms with Crippen molar-refractivity contribution >= 4 is 15.9 Å². The Labute approximate surface area is 139 Å². The van der Waals surface area contributed by atoms with Crippen molar-refractivity contribution in [1.82, 2.24) is 9.62 Å². The summed E-state index contributed by atoms with van der Waals surface area (Å²) in [5.41, 5.74) is 1.28. The highest BCUT2D eigenvalue weighted by Crippen LogP contribution is 2.17. The molecular weight excluding hydrogens is 312 g/mol. The molecule has 1 N–H and O–H groups in total. The molecule has 6 heteroatoms. The van der Waals surface area contributed by atoms with Crippen molar-refractivity contribution in [2.24, 2.45) is 0 Å². The average Bonchev–Trinajstić information content (AvgIpc) is 2.55. The predicted octanol–water partition coefficient (Wildman–Crippen LogP) is 2.53. The molecule has 0 saturated carbocycles. The van der Waals surface area contributed by atoms with Crippen molar-refractivity contribution in [3.8, 4) is 0 Å². The Balaban J connectivity index is 2.00. The van der Waals surface area contributed by atoms with Gasteiger partial charge in [0.25, 0.3) is 5.91 Å². The zero-order chi connectivity index (χ0) is 16.9. The molecule has 1 atom stereocenters. The first-order valence-corrected chi connectivity index (χ1v) is 9.91. The van der Waals surface area contributed by atoms with E-state index in [0.717, 1.165) is 31.2 Å². The highest BCUT2D eigenvalue weighted by Gasteiger charge is 2.24. The van der Waals surface area contributed by atoms with Crippen LogP contribution in [0.25, 0.3) is 0 Å². The molecule has 1 fully saturated rings. The van der Waals surface area contributed by atoms with E-state index in [9.17, 15) is 13.2 Å². The number of hydrogen-bond acceptors (Lipinski definition) is 3. The van der Waals surface area contributed by atoms with Crippen molar-refractivity contribution in [3.05, 3.63) is 35.4 Å². The third-order valence-electron chi connectivity index (χ3n) is 4.26. The molecule has 128 valence electrons. The van der Waals surface area contributed by atoms with Gasteiger partial charge in [-0.25, -0.2) is 12.7 Å². The molecule has 1 aromatic carbocycles. The number of carbonyl (C=O) groups is 1. The maximum absolute atomic E-state index is 12.4. The summed E-state index contributed by atoms with van der Waals surface area (Å²) in [5.74, 6) is -0.120. The van der Waals surface area contributed by atoms with E-state index >= 15 is 0 Å². The van der Waals surface area contributed by atoms with Gasteiger partial charge >= 0.3 is 0 Å². The van der Waals surface area contributed by atoms with Crippen LogP contribution in [0.2, 0.25) is 0 Å². The summed E-state index contributed by atoms with van der Waals surface area (Å²) in [7, 11) is -3.26. The van der Waals surface area contributed by atoms with E-state index in [2.05, 4.69) is 5.32 Å². The van der Waals surface area contributed by atoms with Crippen molar-refractivity contribution in [2.45, 2.75) is 51.3 Å². The predicted molar refractivity (Wildman–Crippen MR) is 91.7 cm³/mol. The number of amides is 1. The van der Waals surface area contributed by atoms with E-state index in [-0.39, 0.29) is 17.7 Å². The van der Waals surface area contributed by atoms with Crippen LogP contribution in [0.5, 0.6) is 0 Å². The normalized spacial score (nSPS) is 17.7. The van der Waals surface area contributed by atoms with Gasteiger partial charge in [0.15, 0.2) is 0 Å². The molecule has 1 aliphatic heterocycles. The lowest BCUT2D eigenvalue weighted by Gasteiger charge is -2.25. The van der Waals surface area contributed by atoms with Gasteiger partial charge in [-0.2, -0.15) is 0 Å². The maximum atomic E-state index is 12.4. The Kier molecular flexibility index (Phi) is 6.18. The second kappa shape index (κ2) is 7.93. The molecule has 23 heavy (non-hydrogen) atoms. The summed E-state index contributed by atoms with van der Waals surface area (Å²) >= 11 is 0. The first-order chi connectivity index (χ1) is 10.9. The van der Waals surface area contributed by atoms with Crippen molar-refractivity contribution in [3.63, 3.8) is 0 Å². The smallest absolute Gasteiger partial charge is 0.251 e. The van der Waals surface area contributed by atoms with Gasteiger partial charge in [-0.15, -0.1) is 0 Å². The van der Waals surface area contributed by atoms with Crippen LogP contribution in [0.4, 0.5) is 0 Å². The van der Waals surface area contributed by atoms with Crippen molar-refractivity contribution < 1.29 is 13.2 Å². The van der Waals surface area contributed by atoms with Crippen molar-refractivity contribution in [1.29, 1.82) is 0 Å². The number of carbonyl (C=O) groups excluding carboxylic acids is 1. The quantitative estimate of drug-likeness (QED) is 0.867. The molecule has 0 bridgehead atoms. The third kappa shape index (κ3) is 5.04. The second-order valence-electron chi connectivity index (χ2n) is 6.20. The number of piperidine rings is 1. The largest absolute Gasteiger partial charge is 0.350 e. The second-order valence-corrected chi connectivity index (χ2v) is 8.16. The lowest BCUT2D eigenvalue weighted by atomic mass is 10.1. The van der Waals surface area contributed by atoms with Gasteiger partial charge in [0, 0.05) is 24.7 Å². The van der Waals surface area contributed by atoms with E-state index < -0.39 is 10.0 Å². The number of hydrogen-bond donors (Lipinski definition) is 1. The van der Waals surface area contributed by atoms with Crippen LogP contribution in [-0.4, -0.2) is 37.8 Å². The zero-order valence-corrected chi connectivity index (χ0v) is 14.7. The summed E-state index contributed by atoms with van der Waals surface area (Å²) in [6.07, 6.45) is 3.85. The fourth-order valence-electron chi connectivity index (χ4n) is 2.61. The Hall–Kier alpha value is -1.40. The summed E-state index contributed by atoms with van der Waals surface area (Å²) in [5, 5.41) is 2.90. The number of nitrogens with zero attached hydrogens (tertiary/aromatic N) is 1. The number of sulfonamides is 1. The minimum absolute atomic E-state index is 0.000260. The number of benzene rings is 1. The van der Waals surface area contributed by atoms with Gasteiger partial charge in [0.1, 0.15) is 0 Å². The van der Waals surface area contributed by atoms with E-state index in [0.29, 0.717) is 18.7 Å². The monoisotopic (exact) mass is 338 g/mol. The van der Waals surface area contributed by atoms with E-state index in [1.807, 2.05) is 13.8 Å². The fourth-order valence-corrected chi connectivity index (χ4v) is 4.22. The zero-order valence-electron chi connectivity index (χ0n) is 13.9. The lowest BCUT2D eigenvalue weighted by molar-refractivity contribution is 0.0939. The first-order valence-electron chi connectivity index (χ1n) is 8.30. The lowest BCUT2D eigenvalue weighted by Crippen LogP contribution is -2.36. The van der Waals surface area contributed by atoms with Crippen LogP contribution in [-0.2, 0) is 15.8 Å². The third-order valence-corrected chi connectivity index (χ3v) is 6.11. The molecule has 1 aromatic rings. The fraction of sp³-hybridized carbons (Fsp3) is 0.588. The van der Waals surface area contributed by atoms with E-state index in [4.69, 9.17) is 0 Å². The summed E-state index contributed by atoms with van der Waals surface area (Å²) in [4.78, 5) is 12.0. The Bertz CT molecular complexity index is 620. The summed E-state index contributed by atoms with van der Waals surface area (Å²) in [6, 6.07) is 6.97. The van der Waals surface area contributed by atoms with Crippen LogP contribution < -0.4 is 5.32 Å². The van der Waals surface area contributed by atoms with Crippen molar-refractivity contribution in [2.75, 3.05) is 13.1 Å². The summed E-state index contributed by atoms with van der Waals surface area (Å²) in [6.45, 7) is 5.21. The van der Waals surface area contributed by atoms with E-state index in [1.165, 1.54) is 0 Å². The van der Waals surface area contributed by atoms with Gasteiger partial charge in [-0.3, -0.25) is 4.79 Å². The topological polar surface area (TPSA) is 66.5 Å². The molecule has 5 nitrogen and oxygen atoms in total. The molecule has 2 rings (SSSR count). The molecule has 1 saturated heterocycles. The Morgan fingerprint density at radius 3 is 2.35 bits per heavy atom.